The van der Waals surface area contributed by atoms with Gasteiger partial charge < -0.3 is 4.74 Å². The van der Waals surface area contributed by atoms with Crippen LogP contribution in [0.25, 0.3) is 15.6 Å². The zero-order valence-electron chi connectivity index (χ0n) is 19.8. The second-order valence-corrected chi connectivity index (χ2v) is 10.0. The minimum Gasteiger partial charge on any atom is -0.367 e. The molecule has 0 saturated carbocycles. The number of carbonyl (C=O) groups is 3. The number of anilines is 1. The van der Waals surface area contributed by atoms with Crippen LogP contribution in [0.1, 0.15) is 36.5 Å². The molecule has 6 rings (SSSR count). The number of hydrogen-bond acceptors (Lipinski definition) is 4. The summed E-state index contributed by atoms with van der Waals surface area (Å²) >= 11 is 0. The van der Waals surface area contributed by atoms with Gasteiger partial charge in [-0.15, -0.1) is 0 Å². The van der Waals surface area contributed by atoms with Crippen molar-refractivity contribution in [2.45, 2.75) is 37.4 Å². The van der Waals surface area contributed by atoms with Gasteiger partial charge in [0.1, 0.15) is 0 Å². The lowest BCUT2D eigenvalue weighted by Gasteiger charge is -2.30. The number of ketones is 1. The van der Waals surface area contributed by atoms with Gasteiger partial charge >= 0.3 is 0 Å². The Morgan fingerprint density at radius 2 is 1.69 bits per heavy atom. The molecule has 0 N–H and O–H groups in total. The normalized spacial score (nSPS) is 28.7. The Morgan fingerprint density at radius 3 is 2.44 bits per heavy atom. The van der Waals surface area contributed by atoms with Crippen molar-refractivity contribution in [3.8, 4) is 0 Å². The summed E-state index contributed by atoms with van der Waals surface area (Å²) in [7, 11) is 0. The third kappa shape index (κ3) is 3.09. The summed E-state index contributed by atoms with van der Waals surface area (Å²) in [6, 6.07) is 19.8. The lowest BCUT2D eigenvalue weighted by molar-refractivity contribution is -0.130. The monoisotopic (exact) mass is 476 g/mol. The highest BCUT2D eigenvalue weighted by atomic mass is 16.5. The summed E-state index contributed by atoms with van der Waals surface area (Å²) in [5.41, 5.74) is 0.0425. The number of carbonyl (C=O) groups excluding carboxylic acids is 3. The highest BCUT2D eigenvalue weighted by molar-refractivity contribution is 6.26. The average Bonchev–Trinajstić information content (AvgIpc) is 3.48. The molecule has 2 amide bonds. The molecule has 3 aliphatic heterocycles. The van der Waals surface area contributed by atoms with Crippen molar-refractivity contribution in [1.29, 1.82) is 0 Å². The first kappa shape index (κ1) is 22.4. The number of rotatable bonds is 5. The minimum atomic E-state index is -0.819. The SMILES string of the molecule is [C-]#[N+]c1ccc(N2C(=O)[C@@H]3[C@H](C2=O)C2(C)CCC3(C/C=C/C(=O)c3ccccc3)O2)c2ccccc12. The van der Waals surface area contributed by atoms with Crippen LogP contribution in [0.15, 0.2) is 78.9 Å². The van der Waals surface area contributed by atoms with Gasteiger partial charge in [0.2, 0.25) is 11.8 Å². The quantitative estimate of drug-likeness (QED) is 0.207. The Labute approximate surface area is 209 Å². The van der Waals surface area contributed by atoms with E-state index in [1.807, 2.05) is 49.4 Å². The lowest BCUT2D eigenvalue weighted by atomic mass is 9.67. The van der Waals surface area contributed by atoms with Crippen LogP contribution < -0.4 is 4.90 Å². The van der Waals surface area contributed by atoms with Gasteiger partial charge in [-0.1, -0.05) is 66.7 Å². The molecule has 2 bridgehead atoms. The molecule has 178 valence electrons. The zero-order valence-corrected chi connectivity index (χ0v) is 19.8. The first-order valence-corrected chi connectivity index (χ1v) is 12.1. The summed E-state index contributed by atoms with van der Waals surface area (Å²) in [5, 5.41) is 1.42. The van der Waals surface area contributed by atoms with Gasteiger partial charge in [0.25, 0.3) is 0 Å². The topological polar surface area (TPSA) is 68.0 Å². The lowest BCUT2D eigenvalue weighted by Crippen LogP contribution is -2.41. The predicted molar refractivity (Wildman–Crippen MR) is 136 cm³/mol. The molecule has 3 aromatic rings. The number of imide groups is 1. The van der Waals surface area contributed by atoms with Gasteiger partial charge in [0.15, 0.2) is 11.5 Å². The highest BCUT2D eigenvalue weighted by Crippen LogP contribution is 2.62. The Hall–Kier alpha value is -4.08. The molecule has 0 aliphatic carbocycles. The first-order chi connectivity index (χ1) is 17.4. The van der Waals surface area contributed by atoms with Gasteiger partial charge in [-0.05, 0) is 49.1 Å². The molecule has 0 aromatic heterocycles. The molecule has 0 spiro atoms. The largest absolute Gasteiger partial charge is 0.367 e. The van der Waals surface area contributed by atoms with Gasteiger partial charge in [-0.25, -0.2) is 9.74 Å². The van der Waals surface area contributed by atoms with Crippen LogP contribution in [0.3, 0.4) is 0 Å². The van der Waals surface area contributed by atoms with Gasteiger partial charge in [0, 0.05) is 5.56 Å². The van der Waals surface area contributed by atoms with E-state index in [9.17, 15) is 14.4 Å². The average molecular weight is 477 g/mol. The maximum atomic E-state index is 13.9. The third-order valence-electron chi connectivity index (χ3n) is 8.04. The molecular weight excluding hydrogens is 452 g/mol. The third-order valence-corrected chi connectivity index (χ3v) is 8.04. The number of amides is 2. The molecule has 3 saturated heterocycles. The van der Waals surface area contributed by atoms with Crippen molar-refractivity contribution >= 4 is 39.7 Å². The fraction of sp³-hybridized carbons (Fsp3) is 0.267. The second-order valence-electron chi connectivity index (χ2n) is 10.0. The molecular formula is C30H24N2O4. The first-order valence-electron chi connectivity index (χ1n) is 12.1. The van der Waals surface area contributed by atoms with Crippen LogP contribution in [-0.4, -0.2) is 28.8 Å². The molecule has 2 unspecified atom stereocenters. The van der Waals surface area contributed by atoms with Crippen molar-refractivity contribution < 1.29 is 19.1 Å². The Morgan fingerprint density at radius 1 is 1.00 bits per heavy atom. The number of hydrogen-bond donors (Lipinski definition) is 0. The Bertz CT molecular complexity index is 1500. The zero-order chi connectivity index (χ0) is 25.1. The minimum absolute atomic E-state index is 0.107. The van der Waals surface area contributed by atoms with Crippen molar-refractivity contribution in [1.82, 2.24) is 0 Å². The molecule has 4 atom stereocenters. The van der Waals surface area contributed by atoms with E-state index in [1.165, 1.54) is 11.0 Å². The van der Waals surface area contributed by atoms with Crippen LogP contribution in [0.2, 0.25) is 0 Å². The van der Waals surface area contributed by atoms with Gasteiger partial charge in [0.05, 0.1) is 35.3 Å². The van der Waals surface area contributed by atoms with Crippen molar-refractivity contribution in [2.24, 2.45) is 11.8 Å². The van der Waals surface area contributed by atoms with Gasteiger partial charge in [-0.3, -0.25) is 14.4 Å². The number of allylic oxidation sites excluding steroid dienone is 1. The number of fused-ring (bicyclic) bond motifs is 6. The standard InChI is InChI=1S/C30H24N2O4/c1-29-17-18-30(36-29,16-8-13-24(33)19-9-4-3-5-10-19)26-25(29)27(34)32(28(26)35)23-15-14-22(31-2)20-11-6-7-12-21(20)23/h3-15,25-26H,16-18H2,1H3/b13-8+/t25-,26+,29?,30?/m1/s1. The van der Waals surface area contributed by atoms with E-state index in [4.69, 9.17) is 11.3 Å². The Balaban J connectivity index is 1.35. The maximum absolute atomic E-state index is 13.9. The predicted octanol–water partition coefficient (Wildman–Crippen LogP) is 5.65. The van der Waals surface area contributed by atoms with Crippen LogP contribution in [0.4, 0.5) is 11.4 Å². The van der Waals surface area contributed by atoms with Crippen LogP contribution >= 0.6 is 0 Å². The summed E-state index contributed by atoms with van der Waals surface area (Å²) in [4.78, 5) is 45.2. The number of ether oxygens (including phenoxy) is 1. The van der Waals surface area contributed by atoms with Crippen molar-refractivity contribution in [3.05, 3.63) is 95.9 Å². The molecule has 0 radical (unpaired) electrons. The highest BCUT2D eigenvalue weighted by Gasteiger charge is 2.73. The van der Waals surface area contributed by atoms with E-state index in [0.717, 1.165) is 0 Å². The van der Waals surface area contributed by atoms with Crippen molar-refractivity contribution in [3.63, 3.8) is 0 Å². The van der Waals surface area contributed by atoms with E-state index >= 15 is 0 Å². The summed E-state index contributed by atoms with van der Waals surface area (Å²) < 4.78 is 6.48. The molecule has 3 fully saturated rings. The molecule has 36 heavy (non-hydrogen) atoms. The molecule has 3 heterocycles. The van der Waals surface area contributed by atoms with Crippen LogP contribution in [0, 0.1) is 18.4 Å². The summed E-state index contributed by atoms with van der Waals surface area (Å²) in [6.07, 6.45) is 5.03. The number of benzene rings is 3. The van der Waals surface area contributed by atoms with E-state index in [-0.39, 0.29) is 17.6 Å². The molecule has 3 aliphatic rings. The maximum Gasteiger partial charge on any atom is 0.240 e. The van der Waals surface area contributed by atoms with Crippen LogP contribution in [0.5, 0.6) is 0 Å². The van der Waals surface area contributed by atoms with E-state index < -0.39 is 23.0 Å². The van der Waals surface area contributed by atoms with Crippen molar-refractivity contribution in [2.75, 3.05) is 4.90 Å². The van der Waals surface area contributed by atoms with Gasteiger partial charge in [-0.2, -0.15) is 0 Å². The fourth-order valence-electron chi connectivity index (χ4n) is 6.41. The smallest absolute Gasteiger partial charge is 0.240 e. The van der Waals surface area contributed by atoms with E-state index in [2.05, 4.69) is 4.85 Å². The van der Waals surface area contributed by atoms with E-state index in [0.29, 0.717) is 47.0 Å². The fourth-order valence-corrected chi connectivity index (χ4v) is 6.41. The second kappa shape index (κ2) is 7.97. The molecule has 6 heteroatoms. The summed E-state index contributed by atoms with van der Waals surface area (Å²) in [5.74, 6) is -1.81. The Kier molecular flexibility index (Phi) is 4.96. The van der Waals surface area contributed by atoms with Crippen LogP contribution in [-0.2, 0) is 14.3 Å². The molecule has 6 nitrogen and oxygen atoms in total. The van der Waals surface area contributed by atoms with E-state index in [1.54, 1.807) is 30.3 Å². The number of nitrogens with zero attached hydrogens (tertiary/aromatic N) is 2. The summed E-state index contributed by atoms with van der Waals surface area (Å²) in [6.45, 7) is 9.40. The molecule has 3 aromatic carbocycles.